The van der Waals surface area contributed by atoms with Gasteiger partial charge in [0, 0.05) is 5.56 Å². The topological polar surface area (TPSA) is 29.1 Å². The number of aryl methyl sites for hydroxylation is 2. The molecule has 104 valence electrons. The Hall–Kier alpha value is -2.30. The molecule has 2 nitrogen and oxygen atoms in total. The van der Waals surface area contributed by atoms with E-state index >= 15 is 0 Å². The number of hydrogen-bond acceptors (Lipinski definition) is 1. The number of anilines is 1. The van der Waals surface area contributed by atoms with Crippen LogP contribution >= 0.6 is 0 Å². The molecule has 5 heteroatoms. The van der Waals surface area contributed by atoms with Gasteiger partial charge >= 0.3 is 0 Å². The summed E-state index contributed by atoms with van der Waals surface area (Å²) in [5.74, 6) is -2.85. The molecular formula is C15H12F3NO. The second kappa shape index (κ2) is 5.36. The Balaban J connectivity index is 2.35. The van der Waals surface area contributed by atoms with Crippen molar-refractivity contribution in [1.29, 1.82) is 0 Å². The van der Waals surface area contributed by atoms with Gasteiger partial charge in [0.05, 0.1) is 0 Å². The smallest absolute Gasteiger partial charge is 0.256 e. The second-order valence-electron chi connectivity index (χ2n) is 4.47. The molecule has 0 heterocycles. The quantitative estimate of drug-likeness (QED) is 0.885. The Morgan fingerprint density at radius 2 is 1.70 bits per heavy atom. The van der Waals surface area contributed by atoms with Gasteiger partial charge in [-0.1, -0.05) is 6.07 Å². The van der Waals surface area contributed by atoms with Gasteiger partial charge in [-0.15, -0.1) is 0 Å². The zero-order valence-electron chi connectivity index (χ0n) is 10.9. The molecule has 0 spiro atoms. The van der Waals surface area contributed by atoms with Crippen LogP contribution in [0.25, 0.3) is 0 Å². The van der Waals surface area contributed by atoms with Crippen molar-refractivity contribution in [2.45, 2.75) is 13.8 Å². The molecule has 0 aliphatic rings. The predicted octanol–water partition coefficient (Wildman–Crippen LogP) is 3.97. The first-order valence-electron chi connectivity index (χ1n) is 5.92. The third-order valence-electron chi connectivity index (χ3n) is 2.96. The number of nitrogens with one attached hydrogen (secondary N) is 1. The highest BCUT2D eigenvalue weighted by Gasteiger charge is 2.16. The molecule has 0 aliphatic heterocycles. The van der Waals surface area contributed by atoms with Crippen molar-refractivity contribution in [3.63, 3.8) is 0 Å². The highest BCUT2D eigenvalue weighted by atomic mass is 19.1. The molecule has 2 aromatic rings. The van der Waals surface area contributed by atoms with Gasteiger partial charge in [-0.2, -0.15) is 0 Å². The van der Waals surface area contributed by atoms with Gasteiger partial charge in [-0.3, -0.25) is 4.79 Å². The first kappa shape index (κ1) is 14.1. The molecule has 0 saturated carbocycles. The van der Waals surface area contributed by atoms with Crippen LogP contribution in [0.15, 0.2) is 30.3 Å². The monoisotopic (exact) mass is 279 g/mol. The summed E-state index contributed by atoms with van der Waals surface area (Å²) >= 11 is 0. The van der Waals surface area contributed by atoms with E-state index in [9.17, 15) is 18.0 Å². The molecule has 0 atom stereocenters. The van der Waals surface area contributed by atoms with E-state index in [0.29, 0.717) is 5.56 Å². The van der Waals surface area contributed by atoms with Gasteiger partial charge in [-0.25, -0.2) is 13.2 Å². The summed E-state index contributed by atoms with van der Waals surface area (Å²) in [5.41, 5.74) is 0.263. The van der Waals surface area contributed by atoms with Crippen molar-refractivity contribution in [2.24, 2.45) is 0 Å². The van der Waals surface area contributed by atoms with Crippen LogP contribution in [0, 0.1) is 31.3 Å². The Labute approximate surface area is 114 Å². The lowest BCUT2D eigenvalue weighted by molar-refractivity contribution is 0.102. The summed E-state index contributed by atoms with van der Waals surface area (Å²) in [5, 5.41) is 2.18. The maximum atomic E-state index is 13.8. The fourth-order valence-electron chi connectivity index (χ4n) is 1.83. The predicted molar refractivity (Wildman–Crippen MR) is 70.2 cm³/mol. The molecule has 0 saturated heterocycles. The minimum atomic E-state index is -0.860. The van der Waals surface area contributed by atoms with Crippen molar-refractivity contribution in [1.82, 2.24) is 0 Å². The maximum absolute atomic E-state index is 13.8. The van der Waals surface area contributed by atoms with Crippen molar-refractivity contribution in [3.8, 4) is 0 Å². The Morgan fingerprint density at radius 3 is 2.35 bits per heavy atom. The van der Waals surface area contributed by atoms with Crippen molar-refractivity contribution in [3.05, 3.63) is 64.5 Å². The largest absolute Gasteiger partial charge is 0.317 e. The standard InChI is InChI=1S/C15H12F3NO/c1-8-3-6-12(17)14(13(8)18)19-15(20)11-5-4-10(16)7-9(11)2/h3-7H,1-2H3,(H,19,20). The number of amides is 1. The van der Waals surface area contributed by atoms with E-state index in [1.54, 1.807) is 6.92 Å². The van der Waals surface area contributed by atoms with Crippen LogP contribution in [0.4, 0.5) is 18.9 Å². The number of benzene rings is 2. The SMILES string of the molecule is Cc1cc(F)ccc1C(=O)Nc1c(F)ccc(C)c1F. The summed E-state index contributed by atoms with van der Waals surface area (Å²) in [7, 11) is 0. The zero-order chi connectivity index (χ0) is 14.9. The summed E-state index contributed by atoms with van der Waals surface area (Å²) in [6.45, 7) is 3.01. The minimum absolute atomic E-state index is 0.159. The molecule has 0 aromatic heterocycles. The molecule has 0 radical (unpaired) electrons. The highest BCUT2D eigenvalue weighted by Crippen LogP contribution is 2.23. The molecule has 0 unspecified atom stereocenters. The van der Waals surface area contributed by atoms with Gasteiger partial charge in [-0.05, 0) is 49.2 Å². The maximum Gasteiger partial charge on any atom is 0.256 e. The minimum Gasteiger partial charge on any atom is -0.317 e. The van der Waals surface area contributed by atoms with Crippen molar-refractivity contribution < 1.29 is 18.0 Å². The van der Waals surface area contributed by atoms with Crippen LogP contribution in [-0.2, 0) is 0 Å². The van der Waals surface area contributed by atoms with Gasteiger partial charge < -0.3 is 5.32 Å². The lowest BCUT2D eigenvalue weighted by atomic mass is 10.1. The molecule has 0 aliphatic carbocycles. The van der Waals surface area contributed by atoms with E-state index in [2.05, 4.69) is 5.32 Å². The number of carbonyl (C=O) groups is 1. The molecule has 0 bridgehead atoms. The van der Waals surface area contributed by atoms with Crippen LogP contribution in [-0.4, -0.2) is 5.91 Å². The zero-order valence-corrected chi connectivity index (χ0v) is 10.9. The van der Waals surface area contributed by atoms with Crippen LogP contribution in [0.5, 0.6) is 0 Å². The number of rotatable bonds is 2. The number of halogens is 3. The van der Waals surface area contributed by atoms with Crippen molar-refractivity contribution in [2.75, 3.05) is 5.32 Å². The highest BCUT2D eigenvalue weighted by molar-refractivity contribution is 6.05. The van der Waals surface area contributed by atoms with Gasteiger partial charge in [0.15, 0.2) is 5.82 Å². The second-order valence-corrected chi connectivity index (χ2v) is 4.47. The van der Waals surface area contributed by atoms with Gasteiger partial charge in [0.25, 0.3) is 5.91 Å². The van der Waals surface area contributed by atoms with E-state index in [0.717, 1.165) is 12.1 Å². The fraction of sp³-hybridized carbons (Fsp3) is 0.133. The Bertz CT molecular complexity index is 683. The molecule has 1 N–H and O–H groups in total. The number of hydrogen-bond donors (Lipinski definition) is 1. The van der Waals surface area contributed by atoms with E-state index in [-0.39, 0.29) is 11.1 Å². The molecule has 2 rings (SSSR count). The first-order valence-corrected chi connectivity index (χ1v) is 5.92. The summed E-state index contributed by atoms with van der Waals surface area (Å²) in [4.78, 5) is 12.0. The van der Waals surface area contributed by atoms with Crippen LogP contribution in [0.1, 0.15) is 21.5 Å². The third-order valence-corrected chi connectivity index (χ3v) is 2.96. The normalized spacial score (nSPS) is 10.4. The van der Waals surface area contributed by atoms with Gasteiger partial charge in [0.1, 0.15) is 17.3 Å². The van der Waals surface area contributed by atoms with Crippen molar-refractivity contribution >= 4 is 11.6 Å². The summed E-state index contributed by atoms with van der Waals surface area (Å²) < 4.78 is 40.3. The molecule has 0 fully saturated rings. The fourth-order valence-corrected chi connectivity index (χ4v) is 1.83. The van der Waals surface area contributed by atoms with Gasteiger partial charge in [0.2, 0.25) is 0 Å². The Kier molecular flexibility index (Phi) is 3.79. The molecule has 20 heavy (non-hydrogen) atoms. The van der Waals surface area contributed by atoms with E-state index in [1.807, 2.05) is 0 Å². The molecule has 2 aromatic carbocycles. The Morgan fingerprint density at radius 1 is 1.00 bits per heavy atom. The average Bonchev–Trinajstić information content (AvgIpc) is 2.39. The van der Waals surface area contributed by atoms with E-state index < -0.39 is 29.0 Å². The molecule has 1 amide bonds. The van der Waals surface area contributed by atoms with E-state index in [1.165, 1.54) is 25.1 Å². The lowest BCUT2D eigenvalue weighted by Crippen LogP contribution is -2.16. The van der Waals surface area contributed by atoms with Crippen LogP contribution in [0.3, 0.4) is 0 Å². The van der Waals surface area contributed by atoms with E-state index in [4.69, 9.17) is 0 Å². The first-order chi connectivity index (χ1) is 9.40. The number of carbonyl (C=O) groups excluding carboxylic acids is 1. The summed E-state index contributed by atoms with van der Waals surface area (Å²) in [6.07, 6.45) is 0. The average molecular weight is 279 g/mol. The summed E-state index contributed by atoms with van der Waals surface area (Å²) in [6, 6.07) is 5.92. The third kappa shape index (κ3) is 2.66. The van der Waals surface area contributed by atoms with Crippen LogP contribution < -0.4 is 5.32 Å². The van der Waals surface area contributed by atoms with Crippen LogP contribution in [0.2, 0.25) is 0 Å². The lowest BCUT2D eigenvalue weighted by Gasteiger charge is -2.10. The molecular weight excluding hydrogens is 267 g/mol.